The van der Waals surface area contributed by atoms with E-state index in [1.54, 1.807) is 0 Å². The van der Waals surface area contributed by atoms with E-state index >= 15 is 0 Å². The zero-order valence-corrected chi connectivity index (χ0v) is 20.5. The van der Waals surface area contributed by atoms with E-state index in [1.165, 1.54) is 51.4 Å². The van der Waals surface area contributed by atoms with Gasteiger partial charge in [0.05, 0.1) is 13.2 Å². The largest absolute Gasteiger partial charge is 0.475 e. The van der Waals surface area contributed by atoms with Crippen LogP contribution in [0.25, 0.3) is 0 Å². The number of nitrogens with zero attached hydrogens (tertiary/aromatic N) is 2. The van der Waals surface area contributed by atoms with Crippen LogP contribution in [0.15, 0.2) is 24.3 Å². The van der Waals surface area contributed by atoms with Gasteiger partial charge in [-0.1, -0.05) is 58.4 Å². The molecule has 0 saturated heterocycles. The normalized spacial score (nSPS) is 20.1. The van der Waals surface area contributed by atoms with Gasteiger partial charge in [-0.15, -0.1) is 0 Å². The second kappa shape index (κ2) is 15.5. The molecule has 178 valence electrons. The minimum atomic E-state index is 0.0216. The summed E-state index contributed by atoms with van der Waals surface area (Å²) in [4.78, 5) is 4.65. The maximum atomic E-state index is 6.39. The van der Waals surface area contributed by atoms with Gasteiger partial charge in [-0.2, -0.15) is 0 Å². The molecular formula is C26H46N2O3. The van der Waals surface area contributed by atoms with Crippen molar-refractivity contribution in [1.82, 2.24) is 9.80 Å². The maximum absolute atomic E-state index is 6.39. The first kappa shape index (κ1) is 26.0. The molecule has 0 aliphatic carbocycles. The summed E-state index contributed by atoms with van der Waals surface area (Å²) in [6.07, 6.45) is 11.9. The number of hydrogen-bond acceptors (Lipinski definition) is 5. The number of unbranched alkanes of at least 4 members (excludes halogenated alkanes) is 6. The summed E-state index contributed by atoms with van der Waals surface area (Å²) >= 11 is 0. The highest BCUT2D eigenvalue weighted by molar-refractivity contribution is 5.33. The Morgan fingerprint density at radius 1 is 0.742 bits per heavy atom. The maximum Gasteiger partial charge on any atom is 0.154 e. The fourth-order valence-electron chi connectivity index (χ4n) is 4.01. The molecule has 0 amide bonds. The average Bonchev–Trinajstić information content (AvgIpc) is 2.77. The zero-order chi connectivity index (χ0) is 22.3. The van der Waals surface area contributed by atoms with E-state index in [0.717, 1.165) is 37.4 Å². The van der Waals surface area contributed by atoms with Gasteiger partial charge in [0.2, 0.25) is 0 Å². The molecular weight excluding hydrogens is 388 g/mol. The Labute approximate surface area is 191 Å². The van der Waals surface area contributed by atoms with E-state index in [2.05, 4.69) is 37.7 Å². The van der Waals surface area contributed by atoms with Crippen LogP contribution in [0.4, 0.5) is 0 Å². The molecule has 0 fully saturated rings. The average molecular weight is 435 g/mol. The first-order valence-electron chi connectivity index (χ1n) is 12.6. The van der Waals surface area contributed by atoms with Crippen molar-refractivity contribution in [2.75, 3.05) is 40.4 Å². The van der Waals surface area contributed by atoms with E-state index < -0.39 is 0 Å². The van der Waals surface area contributed by atoms with Gasteiger partial charge in [-0.25, -0.2) is 0 Å². The molecule has 31 heavy (non-hydrogen) atoms. The molecule has 0 aromatic heterocycles. The monoisotopic (exact) mass is 434 g/mol. The van der Waals surface area contributed by atoms with Crippen molar-refractivity contribution >= 4 is 0 Å². The first-order chi connectivity index (χ1) is 15.1. The van der Waals surface area contributed by atoms with E-state index in [-0.39, 0.29) is 12.5 Å². The first-order valence-corrected chi connectivity index (χ1v) is 12.6. The molecule has 2 unspecified atom stereocenters. The van der Waals surface area contributed by atoms with Gasteiger partial charge < -0.3 is 14.2 Å². The van der Waals surface area contributed by atoms with Crippen LogP contribution in [-0.2, 0) is 4.74 Å². The van der Waals surface area contributed by atoms with Crippen LogP contribution in [0.3, 0.4) is 0 Å². The van der Waals surface area contributed by atoms with E-state index in [9.17, 15) is 0 Å². The van der Waals surface area contributed by atoms with Gasteiger partial charge in [-0.3, -0.25) is 9.80 Å². The summed E-state index contributed by atoms with van der Waals surface area (Å²) in [7, 11) is 4.32. The van der Waals surface area contributed by atoms with Crippen LogP contribution >= 0.6 is 0 Å². The Bertz CT molecular complexity index is 538. The van der Waals surface area contributed by atoms with Crippen LogP contribution in [0.2, 0.25) is 0 Å². The van der Waals surface area contributed by atoms with Crippen molar-refractivity contribution in [1.29, 1.82) is 0 Å². The SMILES string of the molecule is CCCCCCN(C)C1CCOCCC(N(C)CCCCCC)Oc2cccc(c2)O1. The smallest absolute Gasteiger partial charge is 0.154 e. The van der Waals surface area contributed by atoms with Crippen molar-refractivity contribution < 1.29 is 14.2 Å². The fourth-order valence-corrected chi connectivity index (χ4v) is 4.01. The standard InChI is InChI=1S/C26H46N2O3/c1-5-7-9-11-18-27(3)25-16-20-29-21-17-26(28(4)19-12-10-8-6-2)31-24-15-13-14-23(22-24)30-25/h13-15,22,25-26H,5-12,16-21H2,1-4H3. The Balaban J connectivity index is 1.99. The summed E-state index contributed by atoms with van der Waals surface area (Å²) in [5, 5.41) is 0. The van der Waals surface area contributed by atoms with Crippen molar-refractivity contribution in [2.24, 2.45) is 0 Å². The Morgan fingerprint density at radius 3 is 1.68 bits per heavy atom. The lowest BCUT2D eigenvalue weighted by molar-refractivity contribution is -0.0157. The summed E-state index contributed by atoms with van der Waals surface area (Å²) in [5.41, 5.74) is 0. The second-order valence-electron chi connectivity index (χ2n) is 8.89. The van der Waals surface area contributed by atoms with Crippen LogP contribution in [-0.4, -0.2) is 62.7 Å². The van der Waals surface area contributed by atoms with E-state index in [1.807, 2.05) is 24.3 Å². The molecule has 1 heterocycles. The highest BCUT2D eigenvalue weighted by Crippen LogP contribution is 2.25. The van der Waals surface area contributed by atoms with E-state index in [4.69, 9.17) is 14.2 Å². The molecule has 0 radical (unpaired) electrons. The third kappa shape index (κ3) is 10.2. The third-order valence-electron chi connectivity index (χ3n) is 6.08. The second-order valence-corrected chi connectivity index (χ2v) is 8.89. The van der Waals surface area contributed by atoms with Gasteiger partial charge in [0.1, 0.15) is 11.5 Å². The number of benzene rings is 1. The third-order valence-corrected chi connectivity index (χ3v) is 6.08. The Hall–Kier alpha value is -1.30. The lowest BCUT2D eigenvalue weighted by Gasteiger charge is -2.31. The lowest BCUT2D eigenvalue weighted by Crippen LogP contribution is -2.40. The molecule has 0 spiro atoms. The highest BCUT2D eigenvalue weighted by Gasteiger charge is 2.20. The number of hydrogen-bond donors (Lipinski definition) is 0. The minimum Gasteiger partial charge on any atom is -0.475 e. The summed E-state index contributed by atoms with van der Waals surface area (Å²) in [6, 6.07) is 8.13. The Morgan fingerprint density at radius 2 is 1.23 bits per heavy atom. The number of rotatable bonds is 12. The molecule has 1 aromatic carbocycles. The van der Waals surface area contributed by atoms with Crippen LogP contribution in [0, 0.1) is 0 Å². The molecule has 2 rings (SSSR count). The van der Waals surface area contributed by atoms with Gasteiger partial charge >= 0.3 is 0 Å². The van der Waals surface area contributed by atoms with Crippen molar-refractivity contribution in [3.05, 3.63) is 24.3 Å². The summed E-state index contributed by atoms with van der Waals surface area (Å²) in [5.74, 6) is 1.74. The summed E-state index contributed by atoms with van der Waals surface area (Å²) in [6.45, 7) is 8.01. The van der Waals surface area contributed by atoms with Gasteiger partial charge in [0, 0.05) is 32.0 Å². The lowest BCUT2D eigenvalue weighted by atomic mass is 10.2. The molecule has 2 atom stereocenters. The number of ether oxygens (including phenoxy) is 3. The van der Waals surface area contributed by atoms with Crippen molar-refractivity contribution in [2.45, 2.75) is 90.5 Å². The molecule has 1 aliphatic rings. The van der Waals surface area contributed by atoms with Gasteiger partial charge in [-0.05, 0) is 39.1 Å². The number of fused-ring (bicyclic) bond motifs is 2. The van der Waals surface area contributed by atoms with Gasteiger partial charge in [0.25, 0.3) is 0 Å². The zero-order valence-electron chi connectivity index (χ0n) is 20.5. The van der Waals surface area contributed by atoms with E-state index in [0.29, 0.717) is 13.2 Å². The molecule has 0 N–H and O–H groups in total. The molecule has 2 bridgehead atoms. The quantitative estimate of drug-likeness (QED) is 0.381. The molecule has 1 aromatic rings. The minimum absolute atomic E-state index is 0.0216. The fraction of sp³-hybridized carbons (Fsp3) is 0.769. The van der Waals surface area contributed by atoms with Crippen molar-refractivity contribution in [3.63, 3.8) is 0 Å². The highest BCUT2D eigenvalue weighted by atomic mass is 16.5. The Kier molecular flexibility index (Phi) is 13.0. The summed E-state index contributed by atoms with van der Waals surface area (Å²) < 4.78 is 18.8. The van der Waals surface area contributed by atoms with Crippen molar-refractivity contribution in [3.8, 4) is 11.5 Å². The van der Waals surface area contributed by atoms with Gasteiger partial charge in [0.15, 0.2) is 12.5 Å². The topological polar surface area (TPSA) is 34.2 Å². The predicted octanol–water partition coefficient (Wildman–Crippen LogP) is 5.93. The van der Waals surface area contributed by atoms with Crippen LogP contribution < -0.4 is 9.47 Å². The predicted molar refractivity (Wildman–Crippen MR) is 129 cm³/mol. The molecule has 0 saturated carbocycles. The van der Waals surface area contributed by atoms with Crippen LogP contribution in [0.5, 0.6) is 11.5 Å². The molecule has 5 heteroatoms. The molecule has 1 aliphatic heterocycles. The molecule has 5 nitrogen and oxygen atoms in total. The van der Waals surface area contributed by atoms with Crippen LogP contribution in [0.1, 0.15) is 78.1 Å².